The topological polar surface area (TPSA) is 49.9 Å². The van der Waals surface area contributed by atoms with Crippen LogP contribution in [-0.2, 0) is 0 Å². The van der Waals surface area contributed by atoms with Crippen LogP contribution in [0.15, 0.2) is 0 Å². The van der Waals surface area contributed by atoms with Gasteiger partial charge in [0.05, 0.1) is 5.84 Å². The number of rotatable bonds is 4. The second kappa shape index (κ2) is 4.68. The van der Waals surface area contributed by atoms with Gasteiger partial charge in [0.15, 0.2) is 0 Å². The summed E-state index contributed by atoms with van der Waals surface area (Å²) in [5.74, 6) is 1.40. The van der Waals surface area contributed by atoms with Crippen molar-refractivity contribution in [1.82, 2.24) is 0 Å². The maximum absolute atomic E-state index is 6.97. The highest BCUT2D eigenvalue weighted by Crippen LogP contribution is 2.11. The monoisotopic (exact) mass is 146 g/mol. The van der Waals surface area contributed by atoms with E-state index >= 15 is 0 Å². The second-order valence-corrected chi connectivity index (χ2v) is 3.71. The molecule has 0 aromatic heterocycles. The Balaban J connectivity index is 3.26. The van der Waals surface area contributed by atoms with Crippen LogP contribution in [-0.4, -0.2) is 16.8 Å². The molecule has 0 saturated carbocycles. The maximum atomic E-state index is 6.97. The van der Waals surface area contributed by atoms with Crippen molar-refractivity contribution in [3.05, 3.63) is 0 Å². The molecule has 0 aliphatic rings. The molecule has 0 aromatic carbocycles. The third kappa shape index (κ3) is 5.69. The Bertz CT molecular complexity index is 93.1. The highest BCUT2D eigenvalue weighted by Gasteiger charge is 2.00. The van der Waals surface area contributed by atoms with E-state index in [4.69, 9.17) is 11.1 Å². The highest BCUT2D eigenvalue weighted by atomic mass is 32.2. The van der Waals surface area contributed by atoms with E-state index in [9.17, 15) is 0 Å². The van der Waals surface area contributed by atoms with Gasteiger partial charge in [-0.05, 0) is 5.75 Å². The summed E-state index contributed by atoms with van der Waals surface area (Å²) in [7, 11) is 0. The second-order valence-electron chi connectivity index (χ2n) is 2.00. The first kappa shape index (κ1) is 8.82. The van der Waals surface area contributed by atoms with Crippen LogP contribution in [0.3, 0.4) is 0 Å². The lowest BCUT2D eigenvalue weighted by Crippen LogP contribution is -2.14. The third-order valence-electron chi connectivity index (χ3n) is 0.959. The molecule has 9 heavy (non-hydrogen) atoms. The van der Waals surface area contributed by atoms with Gasteiger partial charge in [-0.2, -0.15) is 11.8 Å². The van der Waals surface area contributed by atoms with Crippen molar-refractivity contribution in [1.29, 1.82) is 5.41 Å². The van der Waals surface area contributed by atoms with E-state index < -0.39 is 0 Å². The summed E-state index contributed by atoms with van der Waals surface area (Å²) >= 11 is 1.84. The van der Waals surface area contributed by atoms with Gasteiger partial charge in [-0.15, -0.1) is 0 Å². The predicted molar refractivity (Wildman–Crippen MR) is 44.1 cm³/mol. The first-order valence-corrected chi connectivity index (χ1v) is 4.16. The van der Waals surface area contributed by atoms with Gasteiger partial charge in [-0.3, -0.25) is 5.41 Å². The molecule has 0 spiro atoms. The molecule has 0 saturated heterocycles. The average Bonchev–Trinajstić information content (AvgIpc) is 1.63. The molecule has 3 heteroatoms. The summed E-state index contributed by atoms with van der Waals surface area (Å²) in [5.41, 5.74) is 5.19. The largest absolute Gasteiger partial charge is 0.388 e. The van der Waals surface area contributed by atoms with Crippen LogP contribution in [0.1, 0.15) is 20.3 Å². The number of nitrogens with one attached hydrogen (secondary N) is 1. The Hall–Kier alpha value is -0.180. The van der Waals surface area contributed by atoms with E-state index in [-0.39, 0.29) is 0 Å². The van der Waals surface area contributed by atoms with Gasteiger partial charge in [-0.1, -0.05) is 13.8 Å². The van der Waals surface area contributed by atoms with Gasteiger partial charge in [-0.25, -0.2) is 0 Å². The third-order valence-corrected chi connectivity index (χ3v) is 2.03. The Morgan fingerprint density at radius 2 is 2.33 bits per heavy atom. The van der Waals surface area contributed by atoms with Crippen LogP contribution in [0.4, 0.5) is 0 Å². The molecule has 3 N–H and O–H groups in total. The van der Waals surface area contributed by atoms with Crippen molar-refractivity contribution in [2.24, 2.45) is 5.73 Å². The quantitative estimate of drug-likeness (QED) is 0.466. The summed E-state index contributed by atoms with van der Waals surface area (Å²) in [6.07, 6.45) is 0.721. The lowest BCUT2D eigenvalue weighted by molar-refractivity contribution is 0.997. The number of hydrogen-bond donors (Lipinski definition) is 2. The zero-order valence-electron chi connectivity index (χ0n) is 5.98. The molecule has 0 aromatic rings. The number of amidine groups is 1. The summed E-state index contributed by atoms with van der Waals surface area (Å²) in [5, 5.41) is 7.47. The fourth-order valence-electron chi connectivity index (χ4n) is 0.653. The Morgan fingerprint density at radius 3 is 2.67 bits per heavy atom. The Labute approximate surface area is 60.7 Å². The fourth-order valence-corrected chi connectivity index (χ4v) is 1.52. The van der Waals surface area contributed by atoms with E-state index in [1.807, 2.05) is 11.8 Å². The highest BCUT2D eigenvalue weighted by molar-refractivity contribution is 7.99. The molecule has 0 heterocycles. The lowest BCUT2D eigenvalue weighted by atomic mass is 10.3. The van der Waals surface area contributed by atoms with E-state index in [1.54, 1.807) is 0 Å². The van der Waals surface area contributed by atoms with Crippen molar-refractivity contribution in [3.8, 4) is 0 Å². The van der Waals surface area contributed by atoms with Crippen molar-refractivity contribution < 1.29 is 0 Å². The van der Waals surface area contributed by atoms with Crippen molar-refractivity contribution in [2.45, 2.75) is 25.5 Å². The molecule has 0 radical (unpaired) electrons. The molecule has 0 bridgehead atoms. The van der Waals surface area contributed by atoms with Gasteiger partial charge >= 0.3 is 0 Å². The van der Waals surface area contributed by atoms with Crippen LogP contribution in [0.25, 0.3) is 0 Å². The summed E-state index contributed by atoms with van der Waals surface area (Å²) in [6, 6.07) is 0. The normalized spacial score (nSPS) is 13.1. The smallest absolute Gasteiger partial charge is 0.0916 e. The molecule has 1 unspecified atom stereocenters. The van der Waals surface area contributed by atoms with Crippen LogP contribution >= 0.6 is 11.8 Å². The first-order chi connectivity index (χ1) is 4.16. The van der Waals surface area contributed by atoms with E-state index in [1.165, 1.54) is 0 Å². The number of hydrogen-bond acceptors (Lipinski definition) is 2. The molecular formula is C6H14N2S. The Kier molecular flexibility index (Phi) is 4.58. The lowest BCUT2D eigenvalue weighted by Gasteiger charge is -2.06. The van der Waals surface area contributed by atoms with Crippen molar-refractivity contribution >= 4 is 17.6 Å². The van der Waals surface area contributed by atoms with Crippen molar-refractivity contribution in [2.75, 3.05) is 5.75 Å². The molecule has 0 rings (SSSR count). The minimum absolute atomic E-state index is 0.295. The van der Waals surface area contributed by atoms with Crippen molar-refractivity contribution in [3.63, 3.8) is 0 Å². The van der Waals surface area contributed by atoms with Crippen LogP contribution < -0.4 is 5.73 Å². The molecule has 1 atom stereocenters. The summed E-state index contributed by atoms with van der Waals surface area (Å²) in [4.78, 5) is 0. The summed E-state index contributed by atoms with van der Waals surface area (Å²) in [6.45, 7) is 4.21. The van der Waals surface area contributed by atoms with Crippen LogP contribution in [0, 0.1) is 5.41 Å². The number of thioether (sulfide) groups is 1. The first-order valence-electron chi connectivity index (χ1n) is 3.11. The van der Waals surface area contributed by atoms with Crippen LogP contribution in [0.2, 0.25) is 0 Å². The Morgan fingerprint density at radius 1 is 1.78 bits per heavy atom. The minimum atomic E-state index is 0.295. The van der Waals surface area contributed by atoms with Gasteiger partial charge in [0.2, 0.25) is 0 Å². The number of nitrogens with two attached hydrogens (primary N) is 1. The zero-order chi connectivity index (χ0) is 7.28. The molecule has 0 fully saturated rings. The minimum Gasteiger partial charge on any atom is -0.388 e. The van der Waals surface area contributed by atoms with E-state index in [0.717, 1.165) is 12.2 Å². The van der Waals surface area contributed by atoms with E-state index in [0.29, 0.717) is 11.1 Å². The van der Waals surface area contributed by atoms with E-state index in [2.05, 4.69) is 13.8 Å². The molecule has 0 amide bonds. The molecular weight excluding hydrogens is 132 g/mol. The average molecular weight is 146 g/mol. The van der Waals surface area contributed by atoms with Crippen LogP contribution in [0.5, 0.6) is 0 Å². The fraction of sp³-hybridized carbons (Fsp3) is 0.833. The zero-order valence-corrected chi connectivity index (χ0v) is 6.79. The van der Waals surface area contributed by atoms with Gasteiger partial charge in [0, 0.05) is 11.7 Å². The standard InChI is InChI=1S/C6H14N2S/c1-3-9-5(2)4-6(7)8/h5H,3-4H2,1-2H3,(H3,7,8). The van der Waals surface area contributed by atoms with Gasteiger partial charge in [0.25, 0.3) is 0 Å². The maximum Gasteiger partial charge on any atom is 0.0916 e. The predicted octanol–water partition coefficient (Wildman–Crippen LogP) is 1.45. The molecule has 2 nitrogen and oxygen atoms in total. The van der Waals surface area contributed by atoms with Gasteiger partial charge in [0.1, 0.15) is 0 Å². The van der Waals surface area contributed by atoms with Gasteiger partial charge < -0.3 is 5.73 Å². The summed E-state index contributed by atoms with van der Waals surface area (Å²) < 4.78 is 0. The SMILES string of the molecule is CCSC(C)CC(=N)N. The molecule has 0 aliphatic carbocycles. The molecule has 54 valence electrons. The molecule has 0 aliphatic heterocycles.